The normalized spacial score (nSPS) is 18.7. The number of benzene rings is 2. The monoisotopic (exact) mass is 831 g/mol. The molecule has 2 fully saturated rings. The number of hydrogen-bond acceptors (Lipinski definition) is 7. The molecule has 0 radical (unpaired) electrons. The number of rotatable bonds is 4. The highest BCUT2D eigenvalue weighted by Crippen LogP contribution is 2.46. The first kappa shape index (κ1) is 37.9. The van der Waals surface area contributed by atoms with Crippen molar-refractivity contribution in [1.29, 1.82) is 0 Å². The molecule has 4 aliphatic heterocycles. The van der Waals surface area contributed by atoms with Gasteiger partial charge in [-0.2, -0.15) is 0 Å². The summed E-state index contributed by atoms with van der Waals surface area (Å²) in [6.07, 6.45) is 7.25. The Morgan fingerprint density at radius 3 is 1.89 bits per heavy atom. The maximum atomic E-state index is 13.0. The Labute approximate surface area is 358 Å². The molecule has 3 amide bonds. The quantitative estimate of drug-likeness (QED) is 0.148. The van der Waals surface area contributed by atoms with Crippen LogP contribution in [0.1, 0.15) is 70.3 Å². The third kappa shape index (κ3) is 6.22. The van der Waals surface area contributed by atoms with Gasteiger partial charge in [-0.3, -0.25) is 19.4 Å². The first-order valence-electron chi connectivity index (χ1n) is 21.1. The van der Waals surface area contributed by atoms with Crippen molar-refractivity contribution in [2.45, 2.75) is 43.1 Å². The van der Waals surface area contributed by atoms with Gasteiger partial charge in [-0.05, 0) is 91.9 Å². The van der Waals surface area contributed by atoms with E-state index in [4.69, 9.17) is 16.6 Å². The number of carbonyl (C=O) groups is 3. The van der Waals surface area contributed by atoms with E-state index in [-0.39, 0.29) is 28.6 Å². The van der Waals surface area contributed by atoms with E-state index in [9.17, 15) is 14.4 Å². The summed E-state index contributed by atoms with van der Waals surface area (Å²) in [6, 6.07) is 21.5. The number of hydrogen-bond donors (Lipinski definition) is 5. The van der Waals surface area contributed by atoms with Crippen molar-refractivity contribution in [1.82, 2.24) is 45.7 Å². The molecule has 12 rings (SSSR count). The summed E-state index contributed by atoms with van der Waals surface area (Å²) in [6.45, 7) is 5.70. The maximum Gasteiger partial charge on any atom is 0.253 e. The lowest BCUT2D eigenvalue weighted by Gasteiger charge is -2.50. The Kier molecular flexibility index (Phi) is 8.85. The second-order valence-electron chi connectivity index (χ2n) is 17.9. The molecule has 4 aromatic heterocycles. The SMILES string of the molecule is CN1CC2(CNC(=O)c3c2[nH]c2c3CCc3cnc(-c4cccc(C(=O)NCc5ccccc5)c4)cc3-2)C1.CN1CC2(CNC(=O)c3c2[nH]c2c3CCc3cnc(Cl)cc3-2)C1. The Hall–Kier alpha value is -6.08. The summed E-state index contributed by atoms with van der Waals surface area (Å²) >= 11 is 6.10. The largest absolute Gasteiger partial charge is 0.357 e. The van der Waals surface area contributed by atoms with Crippen molar-refractivity contribution >= 4 is 29.3 Å². The summed E-state index contributed by atoms with van der Waals surface area (Å²) < 4.78 is 0. The number of aromatic nitrogens is 4. The number of aryl methyl sites for hydroxylation is 2. The number of amides is 3. The van der Waals surface area contributed by atoms with Gasteiger partial charge >= 0.3 is 0 Å². The second kappa shape index (κ2) is 14.3. The number of likely N-dealkylation sites (N-methyl/N-ethyl adjacent to an activating group) is 2. The van der Waals surface area contributed by atoms with Crippen LogP contribution < -0.4 is 16.0 Å². The molecule has 2 aliphatic carbocycles. The molecule has 2 spiro atoms. The number of pyridine rings is 2. The first-order valence-corrected chi connectivity index (χ1v) is 21.5. The van der Waals surface area contributed by atoms with Crippen molar-refractivity contribution in [3.8, 4) is 33.8 Å². The number of nitrogens with zero attached hydrogens (tertiary/aromatic N) is 4. The van der Waals surface area contributed by atoms with E-state index in [0.717, 1.165) is 125 Å². The van der Waals surface area contributed by atoms with Crippen molar-refractivity contribution < 1.29 is 14.4 Å². The van der Waals surface area contributed by atoms with Gasteiger partial charge in [0.1, 0.15) is 5.15 Å². The number of carbonyl (C=O) groups excluding carboxylic acids is 3. The highest BCUT2D eigenvalue weighted by molar-refractivity contribution is 6.29. The number of H-pyrrole nitrogens is 2. The van der Waals surface area contributed by atoms with Gasteiger partial charge in [-0.1, -0.05) is 54.1 Å². The Bertz CT molecular complexity index is 2800. The van der Waals surface area contributed by atoms with Gasteiger partial charge in [-0.15, -0.1) is 0 Å². The molecule has 0 atom stereocenters. The second-order valence-corrected chi connectivity index (χ2v) is 18.3. The van der Waals surface area contributed by atoms with E-state index in [2.05, 4.69) is 60.9 Å². The molecule has 6 aliphatic rings. The molecule has 6 aromatic rings. The van der Waals surface area contributed by atoms with Gasteiger partial charge in [-0.25, -0.2) is 4.98 Å². The van der Waals surface area contributed by atoms with Gasteiger partial charge < -0.3 is 35.7 Å². The van der Waals surface area contributed by atoms with Crippen LogP contribution in [0.3, 0.4) is 0 Å². The van der Waals surface area contributed by atoms with Crippen LogP contribution in [0.5, 0.6) is 0 Å². The van der Waals surface area contributed by atoms with E-state index in [1.165, 1.54) is 11.1 Å². The highest BCUT2D eigenvalue weighted by atomic mass is 35.5. The van der Waals surface area contributed by atoms with E-state index in [1.807, 2.05) is 73.1 Å². The van der Waals surface area contributed by atoms with Gasteiger partial charge in [0.05, 0.1) is 39.0 Å². The van der Waals surface area contributed by atoms with Crippen LogP contribution in [0.4, 0.5) is 0 Å². The van der Waals surface area contributed by atoms with Crippen molar-refractivity contribution in [2.75, 3.05) is 53.4 Å². The lowest BCUT2D eigenvalue weighted by atomic mass is 9.73. The predicted molar refractivity (Wildman–Crippen MR) is 234 cm³/mol. The third-order valence-corrected chi connectivity index (χ3v) is 13.9. The molecular formula is C48H46ClN9O3. The third-order valence-electron chi connectivity index (χ3n) is 13.7. The van der Waals surface area contributed by atoms with Crippen LogP contribution in [-0.4, -0.2) is 101 Å². The molecule has 61 heavy (non-hydrogen) atoms. The first-order chi connectivity index (χ1) is 29.6. The summed E-state index contributed by atoms with van der Waals surface area (Å²) in [5.74, 6) is -0.0272. The number of aromatic amines is 2. The average molecular weight is 832 g/mol. The lowest BCUT2D eigenvalue weighted by Crippen LogP contribution is -2.65. The zero-order chi connectivity index (χ0) is 41.6. The smallest absolute Gasteiger partial charge is 0.253 e. The molecule has 13 heteroatoms. The van der Waals surface area contributed by atoms with Gasteiger partial charge in [0.2, 0.25) is 0 Å². The van der Waals surface area contributed by atoms with Crippen LogP contribution in [0.2, 0.25) is 5.15 Å². The predicted octanol–water partition coefficient (Wildman–Crippen LogP) is 5.45. The van der Waals surface area contributed by atoms with Crippen LogP contribution in [-0.2, 0) is 43.1 Å². The Morgan fingerprint density at radius 1 is 0.721 bits per heavy atom. The molecule has 0 unspecified atom stereocenters. The molecule has 5 N–H and O–H groups in total. The summed E-state index contributed by atoms with van der Waals surface area (Å²) in [7, 11) is 4.23. The molecular weight excluding hydrogens is 786 g/mol. The molecule has 2 aromatic carbocycles. The van der Waals surface area contributed by atoms with Gasteiger partial charge in [0.15, 0.2) is 0 Å². The summed E-state index contributed by atoms with van der Waals surface area (Å²) in [5, 5.41) is 9.75. The minimum atomic E-state index is -0.116. The average Bonchev–Trinajstić information content (AvgIpc) is 3.87. The van der Waals surface area contributed by atoms with E-state index < -0.39 is 0 Å². The Balaban J connectivity index is 0.000000155. The summed E-state index contributed by atoms with van der Waals surface area (Å²) in [4.78, 5) is 59.2. The zero-order valence-electron chi connectivity index (χ0n) is 34.2. The van der Waals surface area contributed by atoms with Crippen LogP contribution >= 0.6 is 11.6 Å². The lowest BCUT2D eigenvalue weighted by molar-refractivity contribution is 0.0685. The topological polar surface area (TPSA) is 151 Å². The van der Waals surface area contributed by atoms with Crippen molar-refractivity contribution in [2.24, 2.45) is 0 Å². The van der Waals surface area contributed by atoms with Crippen molar-refractivity contribution in [3.05, 3.63) is 140 Å². The molecule has 0 bridgehead atoms. The minimum absolute atomic E-state index is 0.0321. The van der Waals surface area contributed by atoms with E-state index >= 15 is 0 Å². The molecule has 0 saturated carbocycles. The van der Waals surface area contributed by atoms with Gasteiger partial charge in [0, 0.05) is 91.8 Å². The maximum absolute atomic E-state index is 13.0. The van der Waals surface area contributed by atoms with Crippen LogP contribution in [0.15, 0.2) is 79.1 Å². The zero-order valence-corrected chi connectivity index (χ0v) is 34.9. The highest BCUT2D eigenvalue weighted by Gasteiger charge is 2.51. The fourth-order valence-corrected chi connectivity index (χ4v) is 11.0. The standard InChI is InChI=1S/C31H29N5O2.C17H17ClN4O/c1-36-17-31(18-36)16-34-30(38)26-23-11-10-22-15-32-25(13-24(22)27(23)35-28(26)31)20-8-5-9-21(12-20)29(37)33-14-19-6-3-2-4-7-19;1-22-7-17(8-22)6-20-16(23)13-10-3-2-9-5-19-12(18)4-11(9)14(10)21-15(13)17/h2-9,12-13,15,35H,10-11,14,16-18H2,1H3,(H,33,37)(H,34,38);4-5,21H,2-3,6-8H2,1H3,(H,20,23). The minimum Gasteiger partial charge on any atom is -0.357 e. The Morgan fingerprint density at radius 2 is 1.30 bits per heavy atom. The fraction of sp³-hybridized carbons (Fsp3) is 0.312. The van der Waals surface area contributed by atoms with Crippen LogP contribution in [0.25, 0.3) is 33.8 Å². The number of nitrogens with one attached hydrogen (secondary N) is 5. The van der Waals surface area contributed by atoms with Crippen molar-refractivity contribution in [3.63, 3.8) is 0 Å². The fourth-order valence-electron chi connectivity index (χ4n) is 10.9. The number of fused-ring (bicyclic) bond motifs is 12. The van der Waals surface area contributed by atoms with Crippen LogP contribution in [0, 0.1) is 0 Å². The summed E-state index contributed by atoms with van der Waals surface area (Å²) in [5.41, 5.74) is 16.2. The van der Waals surface area contributed by atoms with E-state index in [0.29, 0.717) is 30.4 Å². The molecule has 12 nitrogen and oxygen atoms in total. The number of halogens is 1. The van der Waals surface area contributed by atoms with Gasteiger partial charge in [0.25, 0.3) is 17.7 Å². The molecule has 8 heterocycles. The molecule has 2 saturated heterocycles. The number of likely N-dealkylation sites (tertiary alicyclic amines) is 2. The van der Waals surface area contributed by atoms with E-state index in [1.54, 1.807) is 0 Å². The molecule has 308 valence electrons.